The van der Waals surface area contributed by atoms with E-state index in [-0.39, 0.29) is 6.61 Å². The number of nitrogens with one attached hydrogen (secondary N) is 1. The standard InChI is InChI=1S/C13H17N3O4/c17-12(8-20-9-13(18)19)15-10-3-4-11(14-7-10)16-5-1-2-6-16/h3-4,7H,1-2,5-6,8-9H2,(H,15,17)(H,18,19). The summed E-state index contributed by atoms with van der Waals surface area (Å²) in [4.78, 5) is 28.2. The molecule has 0 spiro atoms. The van der Waals surface area contributed by atoms with E-state index in [2.05, 4.69) is 15.2 Å². The van der Waals surface area contributed by atoms with Crippen LogP contribution in [-0.4, -0.2) is 48.3 Å². The molecule has 1 saturated heterocycles. The maximum atomic E-state index is 11.5. The molecule has 20 heavy (non-hydrogen) atoms. The summed E-state index contributed by atoms with van der Waals surface area (Å²) in [6.45, 7) is 1.25. The van der Waals surface area contributed by atoms with Crippen LogP contribution in [0.1, 0.15) is 12.8 Å². The summed E-state index contributed by atoms with van der Waals surface area (Å²) in [5, 5.41) is 11.0. The molecule has 2 heterocycles. The summed E-state index contributed by atoms with van der Waals surface area (Å²) in [6, 6.07) is 3.63. The van der Waals surface area contributed by atoms with Gasteiger partial charge >= 0.3 is 5.97 Å². The molecule has 1 aromatic rings. The highest BCUT2D eigenvalue weighted by Crippen LogP contribution is 2.18. The molecular weight excluding hydrogens is 262 g/mol. The van der Waals surface area contributed by atoms with Gasteiger partial charge in [0.05, 0.1) is 11.9 Å². The van der Waals surface area contributed by atoms with Gasteiger partial charge in [-0.3, -0.25) is 4.79 Å². The van der Waals surface area contributed by atoms with Crippen molar-refractivity contribution in [1.29, 1.82) is 0 Å². The van der Waals surface area contributed by atoms with Gasteiger partial charge in [-0.25, -0.2) is 9.78 Å². The number of rotatable bonds is 6. The molecule has 0 radical (unpaired) electrons. The highest BCUT2D eigenvalue weighted by atomic mass is 16.5. The quantitative estimate of drug-likeness (QED) is 0.797. The number of aromatic nitrogens is 1. The molecular formula is C13H17N3O4. The van der Waals surface area contributed by atoms with Gasteiger partial charge in [0.2, 0.25) is 5.91 Å². The monoisotopic (exact) mass is 279 g/mol. The van der Waals surface area contributed by atoms with Gasteiger partial charge in [0, 0.05) is 13.1 Å². The summed E-state index contributed by atoms with van der Waals surface area (Å²) in [5.74, 6) is -0.598. The number of pyridine rings is 1. The second-order valence-electron chi connectivity index (χ2n) is 4.53. The third kappa shape index (κ3) is 4.20. The van der Waals surface area contributed by atoms with Crippen LogP contribution in [0.5, 0.6) is 0 Å². The number of anilines is 2. The molecule has 0 bridgehead atoms. The minimum absolute atomic E-state index is 0.291. The molecule has 0 unspecified atom stereocenters. The van der Waals surface area contributed by atoms with Crippen molar-refractivity contribution in [2.75, 3.05) is 36.5 Å². The van der Waals surface area contributed by atoms with Gasteiger partial charge in [-0.05, 0) is 25.0 Å². The van der Waals surface area contributed by atoms with E-state index in [4.69, 9.17) is 9.84 Å². The highest BCUT2D eigenvalue weighted by Gasteiger charge is 2.13. The lowest BCUT2D eigenvalue weighted by Gasteiger charge is -2.16. The zero-order chi connectivity index (χ0) is 14.4. The molecule has 108 valence electrons. The van der Waals surface area contributed by atoms with Crippen LogP contribution in [0.25, 0.3) is 0 Å². The molecule has 7 heteroatoms. The van der Waals surface area contributed by atoms with Crippen LogP contribution in [0.4, 0.5) is 11.5 Å². The lowest BCUT2D eigenvalue weighted by molar-refractivity contribution is -0.143. The molecule has 2 N–H and O–H groups in total. The van der Waals surface area contributed by atoms with Gasteiger partial charge in [0.25, 0.3) is 0 Å². The maximum Gasteiger partial charge on any atom is 0.329 e. The maximum absolute atomic E-state index is 11.5. The number of aliphatic carboxylic acids is 1. The number of hydrogen-bond donors (Lipinski definition) is 2. The number of amides is 1. The Bertz CT molecular complexity index is 469. The van der Waals surface area contributed by atoms with Crippen molar-refractivity contribution in [2.24, 2.45) is 0 Å². The molecule has 0 saturated carbocycles. The first-order chi connectivity index (χ1) is 9.65. The van der Waals surface area contributed by atoms with Crippen molar-refractivity contribution < 1.29 is 19.4 Å². The van der Waals surface area contributed by atoms with Crippen molar-refractivity contribution >= 4 is 23.4 Å². The molecule has 7 nitrogen and oxygen atoms in total. The van der Waals surface area contributed by atoms with E-state index in [1.165, 1.54) is 12.8 Å². The Kier molecular flexibility index (Phi) is 4.89. The van der Waals surface area contributed by atoms with E-state index in [1.54, 1.807) is 12.3 Å². The Morgan fingerprint density at radius 2 is 2.05 bits per heavy atom. The molecule has 0 aliphatic carbocycles. The summed E-state index contributed by atoms with van der Waals surface area (Å²) in [6.07, 6.45) is 3.95. The molecule has 1 amide bonds. The van der Waals surface area contributed by atoms with Crippen molar-refractivity contribution in [3.05, 3.63) is 18.3 Å². The zero-order valence-electron chi connectivity index (χ0n) is 11.0. The second kappa shape index (κ2) is 6.85. The smallest absolute Gasteiger partial charge is 0.329 e. The fraction of sp³-hybridized carbons (Fsp3) is 0.462. The van der Waals surface area contributed by atoms with Gasteiger partial charge < -0.3 is 20.1 Å². The van der Waals surface area contributed by atoms with Crippen molar-refractivity contribution in [3.63, 3.8) is 0 Å². The Labute approximate surface area is 116 Å². The molecule has 0 aromatic carbocycles. The Balaban J connectivity index is 1.80. The second-order valence-corrected chi connectivity index (χ2v) is 4.53. The van der Waals surface area contributed by atoms with Crippen molar-refractivity contribution in [3.8, 4) is 0 Å². The number of carboxylic acids is 1. The topological polar surface area (TPSA) is 91.8 Å². The zero-order valence-corrected chi connectivity index (χ0v) is 11.0. The predicted octanol–water partition coefficient (Wildman–Crippen LogP) is 0.721. The average Bonchev–Trinajstić information content (AvgIpc) is 2.93. The van der Waals surface area contributed by atoms with Crippen LogP contribution in [0, 0.1) is 0 Å². The van der Waals surface area contributed by atoms with E-state index in [9.17, 15) is 9.59 Å². The Morgan fingerprint density at radius 3 is 2.65 bits per heavy atom. The van der Waals surface area contributed by atoms with Gasteiger partial charge in [-0.1, -0.05) is 0 Å². The van der Waals surface area contributed by atoms with Crippen LogP contribution in [0.15, 0.2) is 18.3 Å². The summed E-state index contributed by atoms with van der Waals surface area (Å²) in [5.41, 5.74) is 0.567. The molecule has 2 rings (SSSR count). The summed E-state index contributed by atoms with van der Waals surface area (Å²) < 4.78 is 4.69. The van der Waals surface area contributed by atoms with Crippen molar-refractivity contribution in [1.82, 2.24) is 4.98 Å². The lowest BCUT2D eigenvalue weighted by atomic mass is 10.4. The highest BCUT2D eigenvalue weighted by molar-refractivity contribution is 5.91. The Hall–Kier alpha value is -2.15. The number of carboxylic acid groups (broad SMARTS) is 1. The van der Waals surface area contributed by atoms with Gasteiger partial charge in [0.1, 0.15) is 19.0 Å². The summed E-state index contributed by atoms with van der Waals surface area (Å²) >= 11 is 0. The van der Waals surface area contributed by atoms with E-state index in [0.717, 1.165) is 18.9 Å². The minimum atomic E-state index is -1.10. The number of ether oxygens (including phenoxy) is 1. The largest absolute Gasteiger partial charge is 0.480 e. The van der Waals surface area contributed by atoms with E-state index in [1.807, 2.05) is 6.07 Å². The van der Waals surface area contributed by atoms with Crippen LogP contribution in [0.3, 0.4) is 0 Å². The van der Waals surface area contributed by atoms with Gasteiger partial charge in [0.15, 0.2) is 0 Å². The number of carbonyl (C=O) groups is 2. The van der Waals surface area contributed by atoms with Gasteiger partial charge in [-0.15, -0.1) is 0 Å². The van der Waals surface area contributed by atoms with E-state index in [0.29, 0.717) is 5.69 Å². The fourth-order valence-electron chi connectivity index (χ4n) is 2.02. The average molecular weight is 279 g/mol. The first kappa shape index (κ1) is 14.3. The molecule has 1 aromatic heterocycles. The van der Waals surface area contributed by atoms with Crippen LogP contribution in [-0.2, 0) is 14.3 Å². The van der Waals surface area contributed by atoms with E-state index < -0.39 is 18.5 Å². The van der Waals surface area contributed by atoms with E-state index >= 15 is 0 Å². The van der Waals surface area contributed by atoms with Crippen molar-refractivity contribution in [2.45, 2.75) is 12.8 Å². The number of hydrogen-bond acceptors (Lipinski definition) is 5. The Morgan fingerprint density at radius 1 is 1.30 bits per heavy atom. The van der Waals surface area contributed by atoms with Crippen LogP contribution in [0.2, 0.25) is 0 Å². The third-order valence-electron chi connectivity index (χ3n) is 2.92. The molecule has 1 aliphatic heterocycles. The number of carbonyl (C=O) groups excluding carboxylic acids is 1. The van der Waals surface area contributed by atoms with Gasteiger partial charge in [-0.2, -0.15) is 0 Å². The minimum Gasteiger partial charge on any atom is -0.480 e. The predicted molar refractivity (Wildman–Crippen MR) is 72.8 cm³/mol. The summed E-state index contributed by atoms with van der Waals surface area (Å²) in [7, 11) is 0. The molecule has 1 aliphatic rings. The first-order valence-corrected chi connectivity index (χ1v) is 6.45. The molecule has 1 fully saturated rings. The normalized spacial score (nSPS) is 14.3. The lowest BCUT2D eigenvalue weighted by Crippen LogP contribution is -2.21. The van der Waals surface area contributed by atoms with Crippen LogP contribution < -0.4 is 10.2 Å². The fourth-order valence-corrected chi connectivity index (χ4v) is 2.02. The first-order valence-electron chi connectivity index (χ1n) is 6.45. The SMILES string of the molecule is O=C(O)COCC(=O)Nc1ccc(N2CCCC2)nc1. The third-order valence-corrected chi connectivity index (χ3v) is 2.92. The molecule has 0 atom stereocenters. The van der Waals surface area contributed by atoms with Crippen LogP contribution >= 0.6 is 0 Å². The number of nitrogens with zero attached hydrogens (tertiary/aromatic N) is 2.